The van der Waals surface area contributed by atoms with Gasteiger partial charge >= 0.3 is 6.09 Å². The predicted octanol–water partition coefficient (Wildman–Crippen LogP) is 2.15. The van der Waals surface area contributed by atoms with Gasteiger partial charge in [-0.1, -0.05) is 0 Å². The summed E-state index contributed by atoms with van der Waals surface area (Å²) in [6, 6.07) is 0.347. The van der Waals surface area contributed by atoms with Crippen molar-refractivity contribution in [2.24, 2.45) is 16.6 Å². The summed E-state index contributed by atoms with van der Waals surface area (Å²) in [5.41, 5.74) is 4.83. The number of piperidine rings is 2. The van der Waals surface area contributed by atoms with Crippen molar-refractivity contribution in [3.63, 3.8) is 0 Å². The second-order valence-electron chi connectivity index (χ2n) is 9.65. The third-order valence-electron chi connectivity index (χ3n) is 5.63. The molecule has 0 spiro atoms. The Hall–Kier alpha value is -1.30. The number of likely N-dealkylation sites (tertiary alicyclic amines) is 2. The maximum Gasteiger partial charge on any atom is 0.410 e. The van der Waals surface area contributed by atoms with Crippen LogP contribution in [0.3, 0.4) is 0 Å². The number of halogens is 1. The molecule has 0 saturated carbocycles. The van der Waals surface area contributed by atoms with Crippen LogP contribution in [0.5, 0.6) is 0 Å². The first-order chi connectivity index (χ1) is 14.7. The van der Waals surface area contributed by atoms with Crippen LogP contribution in [0.2, 0.25) is 0 Å². The maximum absolute atomic E-state index is 12.4. The van der Waals surface area contributed by atoms with E-state index in [1.165, 1.54) is 0 Å². The highest BCUT2D eigenvalue weighted by Crippen LogP contribution is 2.21. The van der Waals surface area contributed by atoms with E-state index >= 15 is 0 Å². The van der Waals surface area contributed by atoms with Crippen molar-refractivity contribution in [1.29, 1.82) is 0 Å². The van der Waals surface area contributed by atoms with Crippen molar-refractivity contribution in [2.45, 2.75) is 71.4 Å². The third-order valence-corrected chi connectivity index (χ3v) is 5.63. The van der Waals surface area contributed by atoms with Gasteiger partial charge in [-0.15, -0.1) is 24.0 Å². The number of hydrogen-bond acceptors (Lipinski definition) is 5. The van der Waals surface area contributed by atoms with Crippen LogP contribution in [-0.2, 0) is 9.53 Å². The Bertz CT molecular complexity index is 617. The van der Waals surface area contributed by atoms with Crippen LogP contribution in [0.1, 0.15) is 59.8 Å². The molecule has 2 fully saturated rings. The lowest BCUT2D eigenvalue weighted by Crippen LogP contribution is -2.49. The number of nitrogens with zero attached hydrogens (tertiary/aromatic N) is 3. The molecule has 0 aliphatic carbocycles. The van der Waals surface area contributed by atoms with Gasteiger partial charge in [0.25, 0.3) is 0 Å². The van der Waals surface area contributed by atoms with E-state index in [2.05, 4.69) is 22.5 Å². The number of guanidine groups is 1. The number of nitrogens with one attached hydrogen (secondary N) is 2. The lowest BCUT2D eigenvalue weighted by Gasteiger charge is -2.34. The second-order valence-corrected chi connectivity index (χ2v) is 9.65. The van der Waals surface area contributed by atoms with Crippen LogP contribution in [-0.4, -0.2) is 85.2 Å². The molecule has 1 unspecified atom stereocenters. The average Bonchev–Trinajstić information content (AvgIpc) is 2.68. The van der Waals surface area contributed by atoms with Crippen molar-refractivity contribution < 1.29 is 14.3 Å². The molecule has 4 N–H and O–H groups in total. The molecule has 0 radical (unpaired) electrons. The van der Waals surface area contributed by atoms with E-state index in [1.807, 2.05) is 25.7 Å². The van der Waals surface area contributed by atoms with Gasteiger partial charge in [-0.25, -0.2) is 4.79 Å². The number of carbonyl (C=O) groups is 2. The Labute approximate surface area is 210 Å². The van der Waals surface area contributed by atoms with Gasteiger partial charge in [-0.05, 0) is 65.7 Å². The Kier molecular flexibility index (Phi) is 12.6. The molecule has 2 saturated heterocycles. The van der Waals surface area contributed by atoms with Crippen molar-refractivity contribution >= 4 is 41.9 Å². The number of ether oxygens (including phenoxy) is 1. The first-order valence-corrected chi connectivity index (χ1v) is 11.7. The van der Waals surface area contributed by atoms with Gasteiger partial charge in [-0.2, -0.15) is 0 Å². The zero-order valence-electron chi connectivity index (χ0n) is 20.2. The third kappa shape index (κ3) is 11.0. The zero-order chi connectivity index (χ0) is 22.9. The zero-order valence-corrected chi connectivity index (χ0v) is 22.5. The summed E-state index contributed by atoms with van der Waals surface area (Å²) >= 11 is 0. The highest BCUT2D eigenvalue weighted by molar-refractivity contribution is 14.0. The quantitative estimate of drug-likeness (QED) is 0.248. The van der Waals surface area contributed by atoms with Crippen LogP contribution in [0.25, 0.3) is 0 Å². The molecule has 2 heterocycles. The van der Waals surface area contributed by atoms with E-state index in [0.29, 0.717) is 18.5 Å². The molecule has 0 aromatic rings. The van der Waals surface area contributed by atoms with Gasteiger partial charge in [0.1, 0.15) is 5.60 Å². The number of hydrogen-bond donors (Lipinski definition) is 3. The fourth-order valence-electron chi connectivity index (χ4n) is 4.12. The standard InChI is InChI=1S/C22H42N6O3.HI/c1-5-24-20(26-18-9-13-27(14-10-18)16-19(23)29)25-11-8-17-7-6-12-28(15-17)21(30)31-22(2,3)4;/h17-18H,5-16H2,1-4H3,(H2,23,29)(H2,24,25,26);1H. The van der Waals surface area contributed by atoms with Crippen LogP contribution in [0, 0.1) is 5.92 Å². The van der Waals surface area contributed by atoms with Crippen molar-refractivity contribution in [3.05, 3.63) is 0 Å². The summed E-state index contributed by atoms with van der Waals surface area (Å²) in [5.74, 6) is 1.02. The summed E-state index contributed by atoms with van der Waals surface area (Å²) in [4.78, 5) is 32.2. The lowest BCUT2D eigenvalue weighted by atomic mass is 9.95. The number of nitrogens with two attached hydrogens (primary N) is 1. The average molecular weight is 567 g/mol. The topological polar surface area (TPSA) is 112 Å². The Morgan fingerprint density at radius 2 is 1.84 bits per heavy atom. The molecule has 0 bridgehead atoms. The van der Waals surface area contributed by atoms with Gasteiger partial charge in [0.05, 0.1) is 6.54 Å². The van der Waals surface area contributed by atoms with Crippen LogP contribution < -0.4 is 16.4 Å². The number of aliphatic imine (C=N–C) groups is 1. The molecular formula is C22H43IN6O3. The van der Waals surface area contributed by atoms with E-state index in [9.17, 15) is 9.59 Å². The smallest absolute Gasteiger partial charge is 0.410 e. The van der Waals surface area contributed by atoms with Crippen molar-refractivity contribution in [1.82, 2.24) is 20.4 Å². The van der Waals surface area contributed by atoms with Gasteiger partial charge in [-0.3, -0.25) is 14.7 Å². The Morgan fingerprint density at radius 3 is 2.44 bits per heavy atom. The van der Waals surface area contributed by atoms with Gasteiger partial charge < -0.3 is 26.0 Å². The molecule has 2 aliphatic rings. The lowest BCUT2D eigenvalue weighted by molar-refractivity contribution is -0.119. The maximum atomic E-state index is 12.4. The molecule has 186 valence electrons. The highest BCUT2D eigenvalue weighted by Gasteiger charge is 2.27. The van der Waals surface area contributed by atoms with Gasteiger partial charge in [0.2, 0.25) is 5.91 Å². The molecule has 1 atom stereocenters. The summed E-state index contributed by atoms with van der Waals surface area (Å²) in [7, 11) is 0. The van der Waals surface area contributed by atoms with Crippen LogP contribution in [0.4, 0.5) is 4.79 Å². The fraction of sp³-hybridized carbons (Fsp3) is 0.864. The summed E-state index contributed by atoms with van der Waals surface area (Å²) in [6.45, 7) is 12.9. The molecule has 2 amide bonds. The first kappa shape index (κ1) is 28.7. The molecular weight excluding hydrogens is 523 g/mol. The summed E-state index contributed by atoms with van der Waals surface area (Å²) < 4.78 is 5.52. The second kappa shape index (κ2) is 14.1. The van der Waals surface area contributed by atoms with E-state index in [4.69, 9.17) is 15.5 Å². The molecule has 10 heteroatoms. The monoisotopic (exact) mass is 566 g/mol. The van der Waals surface area contributed by atoms with Gasteiger partial charge in [0, 0.05) is 45.3 Å². The molecule has 0 aromatic carbocycles. The SMILES string of the molecule is CCNC(=NCCC1CCCN(C(=O)OC(C)(C)C)C1)NC1CCN(CC(N)=O)CC1.I. The van der Waals surface area contributed by atoms with E-state index in [-0.39, 0.29) is 36.0 Å². The minimum absolute atomic E-state index is 0. The minimum atomic E-state index is -0.462. The van der Waals surface area contributed by atoms with E-state index in [1.54, 1.807) is 0 Å². The van der Waals surface area contributed by atoms with E-state index in [0.717, 1.165) is 77.3 Å². The van der Waals surface area contributed by atoms with E-state index < -0.39 is 5.60 Å². The van der Waals surface area contributed by atoms with Crippen LogP contribution in [0.15, 0.2) is 4.99 Å². The predicted molar refractivity (Wildman–Crippen MR) is 138 cm³/mol. The number of amides is 2. The summed E-state index contributed by atoms with van der Waals surface area (Å²) in [5, 5.41) is 6.86. The van der Waals surface area contributed by atoms with Gasteiger partial charge in [0.15, 0.2) is 5.96 Å². The highest BCUT2D eigenvalue weighted by atomic mass is 127. The number of rotatable bonds is 7. The Morgan fingerprint density at radius 1 is 1.16 bits per heavy atom. The van der Waals surface area contributed by atoms with Crippen molar-refractivity contribution in [3.8, 4) is 0 Å². The Balaban J connectivity index is 0.00000512. The molecule has 2 aliphatic heterocycles. The molecule has 2 rings (SSSR count). The fourth-order valence-corrected chi connectivity index (χ4v) is 4.12. The summed E-state index contributed by atoms with van der Waals surface area (Å²) in [6.07, 6.45) is 4.80. The largest absolute Gasteiger partial charge is 0.444 e. The molecule has 9 nitrogen and oxygen atoms in total. The van der Waals surface area contributed by atoms with Crippen LogP contribution >= 0.6 is 24.0 Å². The first-order valence-electron chi connectivity index (χ1n) is 11.7. The molecule has 32 heavy (non-hydrogen) atoms. The number of primary amides is 1. The normalized spacial score (nSPS) is 20.9. The molecule has 0 aromatic heterocycles. The van der Waals surface area contributed by atoms with Crippen molar-refractivity contribution in [2.75, 3.05) is 45.8 Å². The number of carbonyl (C=O) groups excluding carboxylic acids is 2. The minimum Gasteiger partial charge on any atom is -0.444 e.